The lowest BCUT2D eigenvalue weighted by Gasteiger charge is -2.31. The molecule has 17 heavy (non-hydrogen) atoms. The highest BCUT2D eigenvalue weighted by atomic mass is 16.5. The van der Waals surface area contributed by atoms with Crippen molar-refractivity contribution in [3.8, 4) is 0 Å². The van der Waals surface area contributed by atoms with E-state index in [1.54, 1.807) is 0 Å². The van der Waals surface area contributed by atoms with Gasteiger partial charge in [-0.2, -0.15) is 0 Å². The Balaban J connectivity index is 1.76. The van der Waals surface area contributed by atoms with E-state index in [2.05, 4.69) is 19.2 Å². The fourth-order valence-electron chi connectivity index (χ4n) is 3.40. The Bertz CT molecular complexity index is 219. The summed E-state index contributed by atoms with van der Waals surface area (Å²) in [6, 6.07) is 0.632. The molecule has 0 aromatic rings. The van der Waals surface area contributed by atoms with E-state index in [4.69, 9.17) is 4.74 Å². The molecule has 2 aliphatic rings. The molecule has 2 aliphatic carbocycles. The second-order valence-electron chi connectivity index (χ2n) is 6.06. The molecule has 0 aliphatic heterocycles. The monoisotopic (exact) mass is 239 g/mol. The third kappa shape index (κ3) is 3.96. The summed E-state index contributed by atoms with van der Waals surface area (Å²) in [5.41, 5.74) is 0. The highest BCUT2D eigenvalue weighted by Crippen LogP contribution is 2.30. The van der Waals surface area contributed by atoms with Gasteiger partial charge in [-0.25, -0.2) is 0 Å². The van der Waals surface area contributed by atoms with Crippen LogP contribution in [0.1, 0.15) is 65.2 Å². The maximum Gasteiger partial charge on any atom is 0.0731 e. The van der Waals surface area contributed by atoms with Crippen LogP contribution in [0.15, 0.2) is 0 Å². The predicted molar refractivity (Wildman–Crippen MR) is 72.2 cm³/mol. The second-order valence-corrected chi connectivity index (χ2v) is 6.06. The molecular formula is C15H29NO. The number of nitrogens with one attached hydrogen (secondary N) is 1. The quantitative estimate of drug-likeness (QED) is 0.793. The smallest absolute Gasteiger partial charge is 0.0731 e. The van der Waals surface area contributed by atoms with Crippen molar-refractivity contribution >= 4 is 0 Å². The van der Waals surface area contributed by atoms with Crippen molar-refractivity contribution in [2.24, 2.45) is 5.92 Å². The van der Waals surface area contributed by atoms with Gasteiger partial charge in [0.05, 0.1) is 12.2 Å². The van der Waals surface area contributed by atoms with E-state index >= 15 is 0 Å². The SMILES string of the molecule is CCCNC1CCCC1OC1CCCC(C)C1. The molecule has 1 N–H and O–H groups in total. The molecule has 2 nitrogen and oxygen atoms in total. The van der Waals surface area contributed by atoms with Gasteiger partial charge in [-0.05, 0) is 51.0 Å². The van der Waals surface area contributed by atoms with Crippen LogP contribution in [0.3, 0.4) is 0 Å². The molecule has 2 heteroatoms. The number of ether oxygens (including phenoxy) is 1. The van der Waals surface area contributed by atoms with Crippen LogP contribution in [-0.2, 0) is 4.74 Å². The normalized spacial score (nSPS) is 38.5. The van der Waals surface area contributed by atoms with Crippen LogP contribution in [0, 0.1) is 5.92 Å². The van der Waals surface area contributed by atoms with Crippen LogP contribution in [0.2, 0.25) is 0 Å². The van der Waals surface area contributed by atoms with Gasteiger partial charge in [-0.3, -0.25) is 0 Å². The molecule has 0 aromatic carbocycles. The topological polar surface area (TPSA) is 21.3 Å². The van der Waals surface area contributed by atoms with E-state index in [-0.39, 0.29) is 0 Å². The van der Waals surface area contributed by atoms with E-state index in [0.29, 0.717) is 18.2 Å². The molecule has 0 bridgehead atoms. The van der Waals surface area contributed by atoms with Crippen molar-refractivity contribution in [2.45, 2.75) is 83.5 Å². The van der Waals surface area contributed by atoms with E-state index in [0.717, 1.165) is 12.5 Å². The van der Waals surface area contributed by atoms with Gasteiger partial charge in [0.2, 0.25) is 0 Å². The summed E-state index contributed by atoms with van der Waals surface area (Å²) in [6.45, 7) is 5.75. The molecule has 4 atom stereocenters. The Morgan fingerprint density at radius 2 is 1.94 bits per heavy atom. The first-order valence-corrected chi connectivity index (χ1v) is 7.68. The lowest BCUT2D eigenvalue weighted by Crippen LogP contribution is -2.40. The molecule has 2 saturated carbocycles. The fourth-order valence-corrected chi connectivity index (χ4v) is 3.40. The van der Waals surface area contributed by atoms with Gasteiger partial charge in [-0.15, -0.1) is 0 Å². The lowest BCUT2D eigenvalue weighted by atomic mass is 9.88. The first-order valence-electron chi connectivity index (χ1n) is 7.68. The molecule has 2 rings (SSSR count). The van der Waals surface area contributed by atoms with Crippen molar-refractivity contribution in [1.82, 2.24) is 5.32 Å². The van der Waals surface area contributed by atoms with Gasteiger partial charge in [0.1, 0.15) is 0 Å². The zero-order valence-corrected chi connectivity index (χ0v) is 11.6. The third-order valence-electron chi connectivity index (χ3n) is 4.36. The van der Waals surface area contributed by atoms with Gasteiger partial charge in [-0.1, -0.05) is 26.7 Å². The minimum atomic E-state index is 0.497. The van der Waals surface area contributed by atoms with Crippen molar-refractivity contribution in [1.29, 1.82) is 0 Å². The summed E-state index contributed by atoms with van der Waals surface area (Å²) in [5, 5.41) is 3.66. The summed E-state index contributed by atoms with van der Waals surface area (Å²) >= 11 is 0. The Morgan fingerprint density at radius 1 is 1.12 bits per heavy atom. The van der Waals surface area contributed by atoms with Crippen LogP contribution in [-0.4, -0.2) is 24.8 Å². The van der Waals surface area contributed by atoms with Gasteiger partial charge in [0.15, 0.2) is 0 Å². The van der Waals surface area contributed by atoms with E-state index in [1.165, 1.54) is 51.4 Å². The van der Waals surface area contributed by atoms with Crippen molar-refractivity contribution < 1.29 is 4.74 Å². The number of rotatable bonds is 5. The van der Waals surface area contributed by atoms with Gasteiger partial charge in [0.25, 0.3) is 0 Å². The largest absolute Gasteiger partial charge is 0.373 e. The zero-order chi connectivity index (χ0) is 12.1. The Morgan fingerprint density at radius 3 is 2.71 bits per heavy atom. The highest BCUT2D eigenvalue weighted by Gasteiger charge is 2.31. The van der Waals surface area contributed by atoms with Crippen LogP contribution >= 0.6 is 0 Å². The van der Waals surface area contributed by atoms with Crippen LogP contribution in [0.4, 0.5) is 0 Å². The molecule has 0 aromatic heterocycles. The summed E-state index contributed by atoms with van der Waals surface area (Å²) in [7, 11) is 0. The standard InChI is InChI=1S/C15H29NO/c1-3-10-16-14-8-5-9-15(14)17-13-7-4-6-12(2)11-13/h12-16H,3-11H2,1-2H3. The van der Waals surface area contributed by atoms with E-state index in [9.17, 15) is 0 Å². The predicted octanol–water partition coefficient (Wildman–Crippen LogP) is 3.50. The average Bonchev–Trinajstić information content (AvgIpc) is 2.74. The molecule has 0 heterocycles. The molecule has 0 radical (unpaired) electrons. The molecule has 4 unspecified atom stereocenters. The Hall–Kier alpha value is -0.0800. The molecule has 0 saturated heterocycles. The molecule has 100 valence electrons. The maximum atomic E-state index is 6.37. The summed E-state index contributed by atoms with van der Waals surface area (Å²) < 4.78 is 6.37. The van der Waals surface area contributed by atoms with Gasteiger partial charge in [0, 0.05) is 6.04 Å². The lowest BCUT2D eigenvalue weighted by molar-refractivity contribution is -0.0457. The first-order chi connectivity index (χ1) is 8.29. The highest BCUT2D eigenvalue weighted by molar-refractivity contribution is 4.85. The summed E-state index contributed by atoms with van der Waals surface area (Å²) in [6.07, 6.45) is 11.5. The average molecular weight is 239 g/mol. The fraction of sp³-hybridized carbons (Fsp3) is 1.00. The van der Waals surface area contributed by atoms with Crippen LogP contribution in [0.25, 0.3) is 0 Å². The molecular weight excluding hydrogens is 210 g/mol. The molecule has 0 amide bonds. The number of hydrogen-bond acceptors (Lipinski definition) is 2. The second kappa shape index (κ2) is 6.75. The summed E-state index contributed by atoms with van der Waals surface area (Å²) in [5.74, 6) is 0.872. The number of hydrogen-bond donors (Lipinski definition) is 1. The van der Waals surface area contributed by atoms with Crippen molar-refractivity contribution in [3.05, 3.63) is 0 Å². The van der Waals surface area contributed by atoms with E-state index < -0.39 is 0 Å². The van der Waals surface area contributed by atoms with Crippen molar-refractivity contribution in [3.63, 3.8) is 0 Å². The minimum absolute atomic E-state index is 0.497. The van der Waals surface area contributed by atoms with E-state index in [1.807, 2.05) is 0 Å². The molecule has 0 spiro atoms. The Kier molecular flexibility index (Phi) is 5.30. The Labute approximate surface area is 107 Å². The first kappa shape index (κ1) is 13.4. The van der Waals surface area contributed by atoms with Gasteiger partial charge < -0.3 is 10.1 Å². The summed E-state index contributed by atoms with van der Waals surface area (Å²) in [4.78, 5) is 0. The minimum Gasteiger partial charge on any atom is -0.373 e. The third-order valence-corrected chi connectivity index (χ3v) is 4.36. The van der Waals surface area contributed by atoms with Crippen LogP contribution in [0.5, 0.6) is 0 Å². The zero-order valence-electron chi connectivity index (χ0n) is 11.6. The maximum absolute atomic E-state index is 6.37. The van der Waals surface area contributed by atoms with Crippen molar-refractivity contribution in [2.75, 3.05) is 6.54 Å². The molecule has 2 fully saturated rings. The van der Waals surface area contributed by atoms with Gasteiger partial charge >= 0.3 is 0 Å². The van der Waals surface area contributed by atoms with Crippen LogP contribution < -0.4 is 5.32 Å².